The Hall–Kier alpha value is -0.480. The van der Waals surface area contributed by atoms with E-state index in [0.717, 1.165) is 30.8 Å². The van der Waals surface area contributed by atoms with Gasteiger partial charge in [-0.3, -0.25) is 0 Å². The van der Waals surface area contributed by atoms with Crippen LogP contribution in [0.3, 0.4) is 0 Å². The van der Waals surface area contributed by atoms with Gasteiger partial charge in [-0.15, -0.1) is 0 Å². The summed E-state index contributed by atoms with van der Waals surface area (Å²) in [7, 11) is 0. The molecule has 2 rings (SSSR count). The van der Waals surface area contributed by atoms with E-state index in [1.54, 1.807) is 0 Å². The second-order valence-corrected chi connectivity index (χ2v) is 7.27. The molecule has 1 saturated heterocycles. The second-order valence-electron chi connectivity index (χ2n) is 7.27. The number of ether oxygens (including phenoxy) is 2. The summed E-state index contributed by atoms with van der Waals surface area (Å²) in [5, 5.41) is 0. The van der Waals surface area contributed by atoms with Crippen LogP contribution in [0.4, 0.5) is 8.78 Å². The molecule has 0 bridgehead atoms. The molecule has 2 fully saturated rings. The van der Waals surface area contributed by atoms with Gasteiger partial charge in [0, 0.05) is 5.92 Å². The topological polar surface area (TPSA) is 18.5 Å². The Morgan fingerprint density at radius 3 is 2.13 bits per heavy atom. The maximum Gasteiger partial charge on any atom is 0.266 e. The molecule has 0 amide bonds. The van der Waals surface area contributed by atoms with Crippen LogP contribution in [-0.2, 0) is 9.47 Å². The van der Waals surface area contributed by atoms with E-state index in [1.165, 1.54) is 44.9 Å². The number of hydrogen-bond donors (Lipinski definition) is 0. The van der Waals surface area contributed by atoms with E-state index in [2.05, 4.69) is 6.92 Å². The Bertz CT molecular complexity index is 339. The van der Waals surface area contributed by atoms with Gasteiger partial charge >= 0.3 is 0 Å². The molecule has 0 aromatic carbocycles. The highest BCUT2D eigenvalue weighted by Crippen LogP contribution is 2.33. The lowest BCUT2D eigenvalue weighted by Crippen LogP contribution is -2.31. The highest BCUT2D eigenvalue weighted by molar-refractivity contribution is 4.83. The van der Waals surface area contributed by atoms with Crippen LogP contribution < -0.4 is 0 Å². The zero-order chi connectivity index (χ0) is 16.5. The highest BCUT2D eigenvalue weighted by Gasteiger charge is 2.22. The summed E-state index contributed by atoms with van der Waals surface area (Å²) in [5.74, 6) is 1.98. The summed E-state index contributed by atoms with van der Waals surface area (Å²) in [6, 6.07) is 0. The summed E-state index contributed by atoms with van der Waals surface area (Å²) < 4.78 is 35.4. The van der Waals surface area contributed by atoms with E-state index in [9.17, 15) is 8.78 Å². The van der Waals surface area contributed by atoms with Crippen LogP contribution in [0.2, 0.25) is 0 Å². The summed E-state index contributed by atoms with van der Waals surface area (Å²) >= 11 is 0. The number of hydrogen-bond acceptors (Lipinski definition) is 2. The van der Waals surface area contributed by atoms with E-state index in [0.29, 0.717) is 19.6 Å². The minimum absolute atomic E-state index is 0.0708. The van der Waals surface area contributed by atoms with Crippen molar-refractivity contribution in [1.29, 1.82) is 0 Å². The Kier molecular flexibility index (Phi) is 8.52. The van der Waals surface area contributed by atoms with Gasteiger partial charge in [-0.25, -0.2) is 0 Å². The Morgan fingerprint density at radius 2 is 1.52 bits per heavy atom. The van der Waals surface area contributed by atoms with Crippen molar-refractivity contribution in [2.45, 2.75) is 77.4 Å². The summed E-state index contributed by atoms with van der Waals surface area (Å²) in [6.07, 6.45) is 11.3. The van der Waals surface area contributed by atoms with E-state index in [-0.39, 0.29) is 12.2 Å². The average molecular weight is 330 g/mol. The molecule has 0 aromatic heterocycles. The van der Waals surface area contributed by atoms with Gasteiger partial charge in [-0.2, -0.15) is 8.78 Å². The first kappa shape index (κ1) is 18.9. The summed E-state index contributed by atoms with van der Waals surface area (Å²) in [6.45, 7) is 3.38. The van der Waals surface area contributed by atoms with Crippen LogP contribution >= 0.6 is 0 Å². The minimum Gasteiger partial charge on any atom is -0.352 e. The van der Waals surface area contributed by atoms with Crippen molar-refractivity contribution in [3.05, 3.63) is 12.2 Å². The third-order valence-electron chi connectivity index (χ3n) is 5.49. The Balaban J connectivity index is 1.49. The number of allylic oxidation sites excluding steroid dienone is 1. The molecule has 0 radical (unpaired) electrons. The first-order chi connectivity index (χ1) is 11.2. The first-order valence-electron chi connectivity index (χ1n) is 9.41. The Morgan fingerprint density at radius 1 is 0.913 bits per heavy atom. The predicted molar refractivity (Wildman–Crippen MR) is 88.3 cm³/mol. The van der Waals surface area contributed by atoms with E-state index in [4.69, 9.17) is 9.47 Å². The molecule has 0 atom stereocenters. The maximum atomic E-state index is 12.0. The molecule has 0 N–H and O–H groups in total. The fraction of sp³-hybridized carbons (Fsp3) is 0.895. The highest BCUT2D eigenvalue weighted by atomic mass is 19.3. The summed E-state index contributed by atoms with van der Waals surface area (Å²) in [4.78, 5) is 0. The molecule has 2 aliphatic rings. The first-order valence-corrected chi connectivity index (χ1v) is 9.41. The molecule has 2 nitrogen and oxygen atoms in total. The van der Waals surface area contributed by atoms with Gasteiger partial charge in [-0.1, -0.05) is 51.9 Å². The predicted octanol–water partition coefficient (Wildman–Crippen LogP) is 5.92. The van der Waals surface area contributed by atoms with E-state index < -0.39 is 6.08 Å². The molecular formula is C19H32F2O2. The third-order valence-corrected chi connectivity index (χ3v) is 5.49. The molecular weight excluding hydrogens is 298 g/mol. The molecule has 1 heterocycles. The normalized spacial score (nSPS) is 31.8. The quantitative estimate of drug-likeness (QED) is 0.514. The molecule has 0 aromatic rings. The molecule has 1 aliphatic heterocycles. The van der Waals surface area contributed by atoms with Gasteiger partial charge < -0.3 is 9.47 Å². The molecule has 1 aliphatic carbocycles. The molecule has 4 heteroatoms. The second kappa shape index (κ2) is 10.4. The lowest BCUT2D eigenvalue weighted by Gasteiger charge is -2.29. The van der Waals surface area contributed by atoms with Gasteiger partial charge in [-0.05, 0) is 37.2 Å². The number of unbranched alkanes of at least 4 members (excludes halogenated alkanes) is 1. The van der Waals surface area contributed by atoms with Crippen LogP contribution in [0.5, 0.6) is 0 Å². The van der Waals surface area contributed by atoms with E-state index >= 15 is 0 Å². The SMILES string of the molecule is CCC1CCC(CCCCC2OCC(CC=C(F)F)CO2)CC1. The van der Waals surface area contributed by atoms with Crippen molar-refractivity contribution in [3.63, 3.8) is 0 Å². The van der Waals surface area contributed by atoms with E-state index in [1.807, 2.05) is 0 Å². The lowest BCUT2D eigenvalue weighted by molar-refractivity contribution is -0.202. The van der Waals surface area contributed by atoms with Crippen molar-refractivity contribution >= 4 is 0 Å². The average Bonchev–Trinajstić information content (AvgIpc) is 2.58. The Labute approximate surface area is 139 Å². The van der Waals surface area contributed by atoms with Gasteiger partial charge in [0.1, 0.15) is 0 Å². The fourth-order valence-corrected chi connectivity index (χ4v) is 3.81. The maximum absolute atomic E-state index is 12.0. The van der Waals surface area contributed by atoms with Crippen LogP contribution in [0.1, 0.15) is 71.1 Å². The number of halogens is 2. The van der Waals surface area contributed by atoms with Gasteiger partial charge in [0.15, 0.2) is 6.29 Å². The molecule has 134 valence electrons. The van der Waals surface area contributed by atoms with Crippen molar-refractivity contribution in [1.82, 2.24) is 0 Å². The lowest BCUT2D eigenvalue weighted by atomic mass is 9.79. The van der Waals surface area contributed by atoms with Crippen molar-refractivity contribution < 1.29 is 18.3 Å². The van der Waals surface area contributed by atoms with Gasteiger partial charge in [0.05, 0.1) is 13.2 Å². The molecule has 0 spiro atoms. The zero-order valence-corrected chi connectivity index (χ0v) is 14.4. The molecule has 23 heavy (non-hydrogen) atoms. The van der Waals surface area contributed by atoms with Crippen LogP contribution in [0.25, 0.3) is 0 Å². The molecule has 0 unspecified atom stereocenters. The van der Waals surface area contributed by atoms with Crippen LogP contribution in [-0.4, -0.2) is 19.5 Å². The molecule has 1 saturated carbocycles. The summed E-state index contributed by atoms with van der Waals surface area (Å²) in [5.41, 5.74) is 0. The smallest absolute Gasteiger partial charge is 0.266 e. The monoisotopic (exact) mass is 330 g/mol. The largest absolute Gasteiger partial charge is 0.352 e. The zero-order valence-electron chi connectivity index (χ0n) is 14.4. The van der Waals surface area contributed by atoms with Gasteiger partial charge in [0.25, 0.3) is 6.08 Å². The van der Waals surface area contributed by atoms with Crippen molar-refractivity contribution in [2.75, 3.05) is 13.2 Å². The van der Waals surface area contributed by atoms with Crippen molar-refractivity contribution in [3.8, 4) is 0 Å². The number of rotatable bonds is 8. The minimum atomic E-state index is -1.61. The van der Waals surface area contributed by atoms with Gasteiger partial charge in [0.2, 0.25) is 0 Å². The van der Waals surface area contributed by atoms with Crippen LogP contribution in [0, 0.1) is 17.8 Å². The van der Waals surface area contributed by atoms with Crippen LogP contribution in [0.15, 0.2) is 12.2 Å². The van der Waals surface area contributed by atoms with Crippen molar-refractivity contribution in [2.24, 2.45) is 17.8 Å². The third kappa shape index (κ3) is 7.30. The standard InChI is InChI=1S/C19H32F2O2/c1-2-15-7-9-16(10-8-15)5-3-4-6-19-22-13-17(14-23-19)11-12-18(20)21/h12,15-17,19H,2-11,13-14H2,1H3. The fourth-order valence-electron chi connectivity index (χ4n) is 3.81.